The van der Waals surface area contributed by atoms with Gasteiger partial charge in [-0.15, -0.1) is 0 Å². The van der Waals surface area contributed by atoms with E-state index in [1.54, 1.807) is 24.3 Å². The number of aromatic hydroxyl groups is 1. The van der Waals surface area contributed by atoms with Crippen molar-refractivity contribution >= 4 is 5.78 Å². The Kier molecular flexibility index (Phi) is 2.58. The van der Waals surface area contributed by atoms with Crippen LogP contribution in [0.15, 0.2) is 35.9 Å². The Morgan fingerprint density at radius 1 is 1.38 bits per heavy atom. The summed E-state index contributed by atoms with van der Waals surface area (Å²) < 4.78 is 0. The van der Waals surface area contributed by atoms with E-state index >= 15 is 0 Å². The van der Waals surface area contributed by atoms with Gasteiger partial charge in [0.1, 0.15) is 5.75 Å². The summed E-state index contributed by atoms with van der Waals surface area (Å²) in [6, 6.07) is 6.76. The van der Waals surface area contributed by atoms with Crippen LogP contribution in [0, 0.1) is 5.41 Å². The Bertz CT molecular complexity index is 460. The lowest BCUT2D eigenvalue weighted by atomic mass is 9.77. The number of carbonyl (C=O) groups is 1. The lowest BCUT2D eigenvalue weighted by Gasteiger charge is -2.24. The molecule has 0 heterocycles. The minimum Gasteiger partial charge on any atom is -0.507 e. The molecule has 2 nitrogen and oxygen atoms in total. The third-order valence-corrected chi connectivity index (χ3v) is 3.62. The Morgan fingerprint density at radius 3 is 2.62 bits per heavy atom. The quantitative estimate of drug-likeness (QED) is 0.608. The molecule has 1 N–H and O–H groups in total. The maximum Gasteiger partial charge on any atom is 0.176 e. The second kappa shape index (κ2) is 3.78. The first-order valence-electron chi connectivity index (χ1n) is 5.56. The van der Waals surface area contributed by atoms with Gasteiger partial charge in [0.25, 0.3) is 0 Å². The van der Waals surface area contributed by atoms with Crippen LogP contribution in [0.1, 0.15) is 37.0 Å². The van der Waals surface area contributed by atoms with Crippen LogP contribution >= 0.6 is 0 Å². The van der Waals surface area contributed by atoms with Gasteiger partial charge in [-0.25, -0.2) is 0 Å². The van der Waals surface area contributed by atoms with Crippen molar-refractivity contribution in [2.24, 2.45) is 5.41 Å². The number of benzene rings is 1. The molecular formula is C14H16O2. The lowest BCUT2D eigenvalue weighted by molar-refractivity contribution is 0.0855. The summed E-state index contributed by atoms with van der Waals surface area (Å²) in [5.74, 6) is 0.102. The number of hydrogen-bond donors (Lipinski definition) is 1. The standard InChI is InChI=1S/C14H16O2/c1-10-6-5-9-14(10,2)13(16)11-7-3-4-8-12(11)15/h3-4,6-8,15H,5,9H2,1-2H3. The number of ketones is 1. The van der Waals surface area contributed by atoms with E-state index in [1.807, 2.05) is 13.8 Å². The number of rotatable bonds is 2. The average Bonchev–Trinajstić information content (AvgIpc) is 2.60. The largest absolute Gasteiger partial charge is 0.507 e. The van der Waals surface area contributed by atoms with Crippen molar-refractivity contribution < 1.29 is 9.90 Å². The van der Waals surface area contributed by atoms with Gasteiger partial charge in [0.2, 0.25) is 0 Å². The molecule has 16 heavy (non-hydrogen) atoms. The molecule has 1 atom stereocenters. The minimum absolute atomic E-state index is 0.0249. The van der Waals surface area contributed by atoms with Crippen LogP contribution in [0.3, 0.4) is 0 Å². The van der Waals surface area contributed by atoms with Crippen molar-refractivity contribution in [3.8, 4) is 5.75 Å². The van der Waals surface area contributed by atoms with Crippen LogP contribution < -0.4 is 0 Å². The molecule has 84 valence electrons. The highest BCUT2D eigenvalue weighted by Gasteiger charge is 2.38. The number of phenolic OH excluding ortho intramolecular Hbond substituents is 1. The van der Waals surface area contributed by atoms with Gasteiger partial charge in [-0.3, -0.25) is 4.79 Å². The summed E-state index contributed by atoms with van der Waals surface area (Å²) in [7, 11) is 0. The summed E-state index contributed by atoms with van der Waals surface area (Å²) >= 11 is 0. The number of hydrogen-bond acceptors (Lipinski definition) is 2. The second-order valence-electron chi connectivity index (χ2n) is 4.60. The van der Waals surface area contributed by atoms with Crippen LogP contribution in [-0.2, 0) is 0 Å². The number of phenols is 1. The van der Waals surface area contributed by atoms with E-state index in [4.69, 9.17) is 0 Å². The van der Waals surface area contributed by atoms with Gasteiger partial charge in [0.15, 0.2) is 5.78 Å². The SMILES string of the molecule is CC1=CCCC1(C)C(=O)c1ccccc1O. The van der Waals surface area contributed by atoms with Crippen LogP contribution in [0.2, 0.25) is 0 Å². The van der Waals surface area contributed by atoms with Crippen molar-refractivity contribution in [1.29, 1.82) is 0 Å². The Hall–Kier alpha value is -1.57. The zero-order valence-corrected chi connectivity index (χ0v) is 9.66. The molecule has 2 heteroatoms. The Morgan fingerprint density at radius 2 is 2.06 bits per heavy atom. The van der Waals surface area contributed by atoms with Crippen molar-refractivity contribution in [2.75, 3.05) is 0 Å². The van der Waals surface area contributed by atoms with E-state index in [2.05, 4.69) is 6.08 Å². The second-order valence-corrected chi connectivity index (χ2v) is 4.60. The first-order chi connectivity index (χ1) is 7.55. The molecule has 1 aliphatic rings. The fourth-order valence-corrected chi connectivity index (χ4v) is 2.26. The van der Waals surface area contributed by atoms with Crippen molar-refractivity contribution in [2.45, 2.75) is 26.7 Å². The summed E-state index contributed by atoms with van der Waals surface area (Å²) in [5.41, 5.74) is 1.11. The lowest BCUT2D eigenvalue weighted by Crippen LogP contribution is -2.26. The first kappa shape index (κ1) is 10.9. The van der Waals surface area contributed by atoms with Gasteiger partial charge in [-0.2, -0.15) is 0 Å². The van der Waals surface area contributed by atoms with E-state index < -0.39 is 5.41 Å². The highest BCUT2D eigenvalue weighted by molar-refractivity contribution is 6.04. The topological polar surface area (TPSA) is 37.3 Å². The van der Waals surface area contributed by atoms with Gasteiger partial charge in [-0.05, 0) is 38.8 Å². The van der Waals surface area contributed by atoms with E-state index in [-0.39, 0.29) is 11.5 Å². The van der Waals surface area contributed by atoms with Gasteiger partial charge < -0.3 is 5.11 Å². The van der Waals surface area contributed by atoms with Crippen LogP contribution in [0.5, 0.6) is 5.75 Å². The van der Waals surface area contributed by atoms with Crippen molar-refractivity contribution in [1.82, 2.24) is 0 Å². The fraction of sp³-hybridized carbons (Fsp3) is 0.357. The summed E-state index contributed by atoms with van der Waals surface area (Å²) in [4.78, 5) is 12.4. The maximum absolute atomic E-state index is 12.4. The van der Waals surface area contributed by atoms with Crippen LogP contribution in [0.25, 0.3) is 0 Å². The first-order valence-corrected chi connectivity index (χ1v) is 5.56. The van der Waals surface area contributed by atoms with Gasteiger partial charge in [-0.1, -0.05) is 23.8 Å². The predicted octanol–water partition coefficient (Wildman–Crippen LogP) is 3.32. The highest BCUT2D eigenvalue weighted by atomic mass is 16.3. The highest BCUT2D eigenvalue weighted by Crippen LogP contribution is 2.42. The Balaban J connectivity index is 2.40. The molecule has 1 unspecified atom stereocenters. The van der Waals surface area contributed by atoms with Gasteiger partial charge in [0.05, 0.1) is 11.0 Å². The molecule has 0 spiro atoms. The zero-order valence-electron chi connectivity index (χ0n) is 9.66. The molecule has 1 aliphatic carbocycles. The fourth-order valence-electron chi connectivity index (χ4n) is 2.26. The molecule has 0 aliphatic heterocycles. The maximum atomic E-state index is 12.4. The molecule has 1 aromatic carbocycles. The number of para-hydroxylation sites is 1. The van der Waals surface area contributed by atoms with Gasteiger partial charge >= 0.3 is 0 Å². The van der Waals surface area contributed by atoms with Gasteiger partial charge in [0, 0.05) is 0 Å². The molecule has 0 saturated heterocycles. The van der Waals surface area contributed by atoms with Crippen LogP contribution in [0.4, 0.5) is 0 Å². The third-order valence-electron chi connectivity index (χ3n) is 3.62. The molecule has 0 radical (unpaired) electrons. The molecule has 0 saturated carbocycles. The molecule has 2 rings (SSSR count). The molecule has 1 aromatic rings. The van der Waals surface area contributed by atoms with Crippen molar-refractivity contribution in [3.63, 3.8) is 0 Å². The molecule has 0 aromatic heterocycles. The van der Waals surface area contributed by atoms with E-state index in [0.717, 1.165) is 18.4 Å². The smallest absolute Gasteiger partial charge is 0.176 e. The number of Topliss-reactive ketones (excluding diaryl/α,β-unsaturated/α-hetero) is 1. The number of allylic oxidation sites excluding steroid dienone is 2. The third kappa shape index (κ3) is 1.54. The molecule has 0 bridgehead atoms. The average molecular weight is 216 g/mol. The van der Waals surface area contributed by atoms with E-state index in [0.29, 0.717) is 5.56 Å². The molecular weight excluding hydrogens is 200 g/mol. The molecule has 0 amide bonds. The van der Waals surface area contributed by atoms with Crippen LogP contribution in [-0.4, -0.2) is 10.9 Å². The predicted molar refractivity (Wildman–Crippen MR) is 63.5 cm³/mol. The summed E-state index contributed by atoms with van der Waals surface area (Å²) in [6.07, 6.45) is 3.89. The minimum atomic E-state index is -0.432. The normalized spacial score (nSPS) is 24.2. The Labute approximate surface area is 95.6 Å². The summed E-state index contributed by atoms with van der Waals surface area (Å²) in [5, 5.41) is 9.70. The zero-order chi connectivity index (χ0) is 11.8. The molecule has 0 fully saturated rings. The van der Waals surface area contributed by atoms with E-state index in [9.17, 15) is 9.90 Å². The monoisotopic (exact) mass is 216 g/mol. The van der Waals surface area contributed by atoms with Crippen molar-refractivity contribution in [3.05, 3.63) is 41.5 Å². The number of carbonyl (C=O) groups excluding carboxylic acids is 1. The van der Waals surface area contributed by atoms with E-state index in [1.165, 1.54) is 0 Å². The summed E-state index contributed by atoms with van der Waals surface area (Å²) in [6.45, 7) is 3.95.